The summed E-state index contributed by atoms with van der Waals surface area (Å²) in [5.41, 5.74) is 3.37. The van der Waals surface area contributed by atoms with E-state index in [-0.39, 0.29) is 5.69 Å². The first kappa shape index (κ1) is 21.8. The van der Waals surface area contributed by atoms with Crippen molar-refractivity contribution < 1.29 is 4.74 Å². The zero-order valence-corrected chi connectivity index (χ0v) is 18.9. The van der Waals surface area contributed by atoms with Gasteiger partial charge in [0.2, 0.25) is 0 Å². The normalized spacial score (nSPS) is 11.5. The molecule has 0 unspecified atom stereocenters. The van der Waals surface area contributed by atoms with Gasteiger partial charge >= 0.3 is 5.69 Å². The molecule has 0 aliphatic carbocycles. The number of rotatable bonds is 10. The molecule has 0 atom stereocenters. The van der Waals surface area contributed by atoms with Gasteiger partial charge in [-0.1, -0.05) is 32.0 Å². The minimum absolute atomic E-state index is 0.115. The molecule has 0 saturated carbocycles. The Bertz CT molecular complexity index is 1260. The zero-order valence-electron chi connectivity index (χ0n) is 18.9. The molecule has 0 aliphatic rings. The van der Waals surface area contributed by atoms with Gasteiger partial charge in [-0.3, -0.25) is 4.57 Å². The number of nitrogens with zero attached hydrogens (tertiary/aromatic N) is 4. The average molecular weight is 435 g/mol. The summed E-state index contributed by atoms with van der Waals surface area (Å²) in [5, 5.41) is 4.29. The number of aryl methyl sites for hydroxylation is 1. The summed E-state index contributed by atoms with van der Waals surface area (Å²) in [6.45, 7) is 11.0. The number of anilines is 1. The largest absolute Gasteiger partial charge is 0.492 e. The number of likely N-dealkylation sites (N-methyl/N-ethyl adjacent to an activating group) is 1. The van der Waals surface area contributed by atoms with Gasteiger partial charge in [-0.05, 0) is 38.2 Å². The molecular formula is C24H30N6O2. The predicted molar refractivity (Wildman–Crippen MR) is 128 cm³/mol. The Balaban J connectivity index is 1.55. The van der Waals surface area contributed by atoms with Crippen LogP contribution in [0.4, 0.5) is 5.82 Å². The van der Waals surface area contributed by atoms with Gasteiger partial charge in [-0.2, -0.15) is 0 Å². The minimum Gasteiger partial charge on any atom is -0.492 e. The van der Waals surface area contributed by atoms with Crippen LogP contribution >= 0.6 is 0 Å². The van der Waals surface area contributed by atoms with Gasteiger partial charge in [0.15, 0.2) is 0 Å². The summed E-state index contributed by atoms with van der Waals surface area (Å²) < 4.78 is 7.78. The molecule has 2 N–H and O–H groups in total. The molecule has 168 valence electrons. The van der Waals surface area contributed by atoms with E-state index < -0.39 is 0 Å². The van der Waals surface area contributed by atoms with E-state index in [9.17, 15) is 4.79 Å². The van der Waals surface area contributed by atoms with Gasteiger partial charge in [0.05, 0.1) is 16.6 Å². The van der Waals surface area contributed by atoms with Crippen molar-refractivity contribution >= 4 is 27.8 Å². The maximum absolute atomic E-state index is 12.2. The lowest BCUT2D eigenvalue weighted by Crippen LogP contribution is -2.28. The van der Waals surface area contributed by atoms with E-state index in [1.54, 1.807) is 10.9 Å². The molecule has 4 rings (SSSR count). The molecule has 2 heterocycles. The molecule has 8 heteroatoms. The van der Waals surface area contributed by atoms with E-state index in [0.29, 0.717) is 19.7 Å². The quantitative estimate of drug-likeness (QED) is 0.396. The van der Waals surface area contributed by atoms with Crippen molar-refractivity contribution in [3.05, 3.63) is 58.8 Å². The van der Waals surface area contributed by atoms with Crippen LogP contribution < -0.4 is 15.7 Å². The van der Waals surface area contributed by atoms with Crippen molar-refractivity contribution in [1.82, 2.24) is 24.4 Å². The number of fused-ring (bicyclic) bond motifs is 2. The number of imidazole rings is 1. The van der Waals surface area contributed by atoms with Crippen molar-refractivity contribution in [3.8, 4) is 5.75 Å². The van der Waals surface area contributed by atoms with Crippen molar-refractivity contribution in [2.75, 3.05) is 31.6 Å². The topological polar surface area (TPSA) is 88.1 Å². The maximum atomic E-state index is 12.2. The highest BCUT2D eigenvalue weighted by Gasteiger charge is 2.11. The number of hydrogen-bond donors (Lipinski definition) is 2. The second-order valence-corrected chi connectivity index (χ2v) is 7.62. The second kappa shape index (κ2) is 9.82. The fourth-order valence-corrected chi connectivity index (χ4v) is 3.96. The van der Waals surface area contributed by atoms with Gasteiger partial charge in [-0.15, -0.1) is 0 Å². The lowest BCUT2D eigenvalue weighted by atomic mass is 10.1. The van der Waals surface area contributed by atoms with Crippen molar-refractivity contribution in [2.45, 2.75) is 33.9 Å². The molecule has 32 heavy (non-hydrogen) atoms. The Hall–Kier alpha value is -3.39. The Morgan fingerprint density at radius 3 is 2.72 bits per heavy atom. The third kappa shape index (κ3) is 4.45. The summed E-state index contributed by atoms with van der Waals surface area (Å²) in [5.74, 6) is 1.59. The van der Waals surface area contributed by atoms with Gasteiger partial charge in [-0.25, -0.2) is 14.8 Å². The summed E-state index contributed by atoms with van der Waals surface area (Å²) in [6, 6.07) is 11.9. The van der Waals surface area contributed by atoms with Crippen LogP contribution in [0.5, 0.6) is 5.75 Å². The second-order valence-electron chi connectivity index (χ2n) is 7.62. The summed E-state index contributed by atoms with van der Waals surface area (Å²) in [4.78, 5) is 26.3. The zero-order chi connectivity index (χ0) is 22.5. The van der Waals surface area contributed by atoms with Crippen LogP contribution in [0.2, 0.25) is 0 Å². The number of para-hydroxylation sites is 1. The first-order valence-corrected chi connectivity index (χ1v) is 11.2. The summed E-state index contributed by atoms with van der Waals surface area (Å²) >= 11 is 0. The van der Waals surface area contributed by atoms with Crippen LogP contribution in [-0.2, 0) is 13.1 Å². The van der Waals surface area contributed by atoms with Crippen molar-refractivity contribution in [1.29, 1.82) is 0 Å². The number of H-pyrrole nitrogens is 1. The molecular weight excluding hydrogens is 404 g/mol. The standard InChI is InChI=1S/C24H30N6O2/c1-4-29(5-2)11-12-32-22-10-8-7-9-17(22)15-25-23-18-13-20-21(14-19(18)26-16-27-23)30(6-3)24(31)28-20/h7-10,13-14,16H,4-6,11-12,15H2,1-3H3,(H,28,31)(H,25,26,27). The molecule has 2 aromatic carbocycles. The van der Waals surface area contributed by atoms with Crippen LogP contribution in [0.25, 0.3) is 21.9 Å². The van der Waals surface area contributed by atoms with E-state index in [1.165, 1.54) is 0 Å². The molecule has 0 radical (unpaired) electrons. The van der Waals surface area contributed by atoms with Gasteiger partial charge in [0.25, 0.3) is 0 Å². The molecule has 0 fully saturated rings. The number of ether oxygens (including phenoxy) is 1. The third-order valence-corrected chi connectivity index (χ3v) is 5.82. The fraction of sp³-hybridized carbons (Fsp3) is 0.375. The van der Waals surface area contributed by atoms with Gasteiger partial charge in [0.1, 0.15) is 24.5 Å². The molecule has 0 saturated heterocycles. The van der Waals surface area contributed by atoms with Crippen molar-refractivity contribution in [2.24, 2.45) is 0 Å². The lowest BCUT2D eigenvalue weighted by molar-refractivity contribution is 0.222. The number of nitrogens with one attached hydrogen (secondary N) is 2. The Labute approximate surface area is 187 Å². The van der Waals surface area contributed by atoms with Crippen LogP contribution in [0.1, 0.15) is 26.3 Å². The van der Waals surface area contributed by atoms with Crippen LogP contribution in [0, 0.1) is 0 Å². The van der Waals surface area contributed by atoms with Crippen LogP contribution in [0.15, 0.2) is 47.5 Å². The smallest absolute Gasteiger partial charge is 0.326 e. The first-order valence-electron chi connectivity index (χ1n) is 11.2. The van der Waals surface area contributed by atoms with Crippen LogP contribution in [0.3, 0.4) is 0 Å². The monoisotopic (exact) mass is 434 g/mol. The molecule has 4 aromatic rings. The van der Waals surface area contributed by atoms with Crippen LogP contribution in [-0.4, -0.2) is 50.7 Å². The number of hydrogen-bond acceptors (Lipinski definition) is 6. The highest BCUT2D eigenvalue weighted by atomic mass is 16.5. The Kier molecular flexibility index (Phi) is 6.70. The maximum Gasteiger partial charge on any atom is 0.326 e. The van der Waals surface area contributed by atoms with E-state index >= 15 is 0 Å². The minimum atomic E-state index is -0.115. The average Bonchev–Trinajstić information content (AvgIpc) is 3.13. The number of aromatic nitrogens is 4. The molecule has 0 amide bonds. The third-order valence-electron chi connectivity index (χ3n) is 5.82. The highest BCUT2D eigenvalue weighted by Crippen LogP contribution is 2.26. The van der Waals surface area contributed by atoms with E-state index in [0.717, 1.165) is 58.7 Å². The SMILES string of the molecule is CCN(CC)CCOc1ccccc1CNc1ncnc2cc3c(cc12)[nH]c(=O)n3CC. The highest BCUT2D eigenvalue weighted by molar-refractivity contribution is 5.98. The number of aromatic amines is 1. The first-order chi connectivity index (χ1) is 15.6. The lowest BCUT2D eigenvalue weighted by Gasteiger charge is -2.19. The Morgan fingerprint density at radius 2 is 1.94 bits per heavy atom. The molecule has 0 spiro atoms. The van der Waals surface area contributed by atoms with E-state index in [1.807, 2.05) is 37.3 Å². The van der Waals surface area contributed by atoms with Crippen molar-refractivity contribution in [3.63, 3.8) is 0 Å². The number of benzene rings is 2. The predicted octanol–water partition coefficient (Wildman–Crippen LogP) is 3.63. The van der Waals surface area contributed by atoms with Gasteiger partial charge in [0, 0.05) is 30.6 Å². The van der Waals surface area contributed by atoms with Gasteiger partial charge < -0.3 is 19.9 Å². The fourth-order valence-electron chi connectivity index (χ4n) is 3.96. The van der Waals surface area contributed by atoms with E-state index in [2.05, 4.69) is 45.1 Å². The molecule has 0 bridgehead atoms. The Morgan fingerprint density at radius 1 is 1.12 bits per heavy atom. The molecule has 2 aromatic heterocycles. The molecule has 0 aliphatic heterocycles. The van der Waals surface area contributed by atoms with E-state index in [4.69, 9.17) is 4.74 Å². The summed E-state index contributed by atoms with van der Waals surface area (Å²) in [7, 11) is 0. The summed E-state index contributed by atoms with van der Waals surface area (Å²) in [6.07, 6.45) is 1.55. The molecule has 8 nitrogen and oxygen atoms in total.